The summed E-state index contributed by atoms with van der Waals surface area (Å²) < 4.78 is 6.92. The summed E-state index contributed by atoms with van der Waals surface area (Å²) in [6.45, 7) is 7.54. The Morgan fingerprint density at radius 3 is 2.11 bits per heavy atom. The van der Waals surface area contributed by atoms with Crippen LogP contribution in [0.15, 0.2) is 28.7 Å². The highest BCUT2D eigenvalue weighted by Crippen LogP contribution is 2.34. The average Bonchev–Trinajstić information content (AvgIpc) is 2.62. The van der Waals surface area contributed by atoms with Crippen LogP contribution in [0.4, 0.5) is 0 Å². The summed E-state index contributed by atoms with van der Waals surface area (Å²) in [4.78, 5) is 24.7. The molecule has 0 saturated heterocycles. The normalized spacial score (nSPS) is 13.8. The molecule has 0 aliphatic heterocycles. The van der Waals surface area contributed by atoms with Gasteiger partial charge < -0.3 is 9.84 Å². The van der Waals surface area contributed by atoms with E-state index in [9.17, 15) is 14.7 Å². The topological polar surface area (TPSA) is 63.6 Å². The summed E-state index contributed by atoms with van der Waals surface area (Å²) in [5, 5.41) is 9.65. The number of hydrogen-bond acceptors (Lipinski definition) is 3. The Bertz CT molecular complexity index is 607. The van der Waals surface area contributed by atoms with Gasteiger partial charge in [-0.3, -0.25) is 9.59 Å². The van der Waals surface area contributed by atoms with E-state index >= 15 is 0 Å². The van der Waals surface area contributed by atoms with Crippen LogP contribution in [-0.2, 0) is 20.7 Å². The Hall–Kier alpha value is -1.36. The second-order valence-electron chi connectivity index (χ2n) is 7.55. The zero-order chi connectivity index (χ0) is 20.5. The fourth-order valence-electron chi connectivity index (χ4n) is 3.39. The van der Waals surface area contributed by atoms with E-state index in [1.54, 1.807) is 13.8 Å². The average molecular weight is 441 g/mol. The van der Waals surface area contributed by atoms with Gasteiger partial charge in [0.1, 0.15) is 5.60 Å². The Labute approximate surface area is 171 Å². The lowest BCUT2D eigenvalue weighted by Crippen LogP contribution is -2.45. The number of esters is 1. The summed E-state index contributed by atoms with van der Waals surface area (Å²) in [6.07, 6.45) is 6.05. The molecule has 152 valence electrons. The molecule has 1 atom stereocenters. The van der Waals surface area contributed by atoms with E-state index < -0.39 is 23.0 Å². The molecule has 0 saturated carbocycles. The molecule has 0 aromatic heterocycles. The highest BCUT2D eigenvalue weighted by atomic mass is 79.9. The van der Waals surface area contributed by atoms with Crippen LogP contribution in [0.5, 0.6) is 0 Å². The van der Waals surface area contributed by atoms with E-state index in [1.807, 2.05) is 31.2 Å². The molecule has 1 aromatic carbocycles. The molecule has 1 aromatic rings. The van der Waals surface area contributed by atoms with Gasteiger partial charge >= 0.3 is 11.9 Å². The number of carbonyl (C=O) groups excluding carboxylic acids is 1. The lowest BCUT2D eigenvalue weighted by molar-refractivity contribution is -0.180. The SMILES string of the molecule is CCCCCCC(C)(Cc1ccc(Br)cc1)OC(=O)C(CC)(CC)C(=O)O. The molecule has 4 nitrogen and oxygen atoms in total. The fourth-order valence-corrected chi connectivity index (χ4v) is 3.65. The molecule has 0 spiro atoms. The van der Waals surface area contributed by atoms with Crippen LogP contribution in [0.2, 0.25) is 0 Å². The Kier molecular flexibility index (Phi) is 9.51. The van der Waals surface area contributed by atoms with Crippen LogP contribution in [0, 0.1) is 5.41 Å². The minimum atomic E-state index is -1.47. The lowest BCUT2D eigenvalue weighted by Gasteiger charge is -2.34. The molecule has 0 aliphatic carbocycles. The maximum absolute atomic E-state index is 12.9. The van der Waals surface area contributed by atoms with Crippen molar-refractivity contribution in [1.82, 2.24) is 0 Å². The van der Waals surface area contributed by atoms with Gasteiger partial charge in [0, 0.05) is 10.9 Å². The number of rotatable bonds is 12. The van der Waals surface area contributed by atoms with Crippen molar-refractivity contribution in [1.29, 1.82) is 0 Å². The number of halogens is 1. The first-order chi connectivity index (χ1) is 12.7. The number of hydrogen-bond donors (Lipinski definition) is 1. The number of ether oxygens (including phenoxy) is 1. The van der Waals surface area contributed by atoms with Gasteiger partial charge in [-0.05, 0) is 50.3 Å². The molecule has 5 heteroatoms. The number of unbranched alkanes of at least 4 members (excludes halogenated alkanes) is 3. The van der Waals surface area contributed by atoms with Crippen molar-refractivity contribution in [3.05, 3.63) is 34.3 Å². The summed E-state index contributed by atoms with van der Waals surface area (Å²) >= 11 is 3.43. The minimum Gasteiger partial charge on any atom is -0.480 e. The van der Waals surface area contributed by atoms with Gasteiger partial charge in [0.2, 0.25) is 0 Å². The zero-order valence-electron chi connectivity index (χ0n) is 17.0. The maximum atomic E-state index is 12.9. The van der Waals surface area contributed by atoms with Crippen LogP contribution < -0.4 is 0 Å². The van der Waals surface area contributed by atoms with Crippen molar-refractivity contribution in [3.63, 3.8) is 0 Å². The van der Waals surface area contributed by atoms with E-state index in [0.29, 0.717) is 6.42 Å². The van der Waals surface area contributed by atoms with E-state index in [1.165, 1.54) is 0 Å². The van der Waals surface area contributed by atoms with Gasteiger partial charge in [0.15, 0.2) is 5.41 Å². The predicted molar refractivity (Wildman–Crippen MR) is 112 cm³/mol. The molecule has 0 heterocycles. The van der Waals surface area contributed by atoms with Crippen molar-refractivity contribution < 1.29 is 19.4 Å². The molecule has 27 heavy (non-hydrogen) atoms. The number of aliphatic carboxylic acids is 1. The van der Waals surface area contributed by atoms with Gasteiger partial charge in [-0.25, -0.2) is 0 Å². The van der Waals surface area contributed by atoms with Crippen LogP contribution in [0.1, 0.15) is 78.2 Å². The Morgan fingerprint density at radius 2 is 1.63 bits per heavy atom. The number of carbonyl (C=O) groups is 2. The highest BCUT2D eigenvalue weighted by Gasteiger charge is 2.47. The van der Waals surface area contributed by atoms with Crippen LogP contribution in [0.3, 0.4) is 0 Å². The van der Waals surface area contributed by atoms with Crippen molar-refractivity contribution in [2.24, 2.45) is 5.41 Å². The van der Waals surface area contributed by atoms with Gasteiger partial charge in [0.05, 0.1) is 0 Å². The smallest absolute Gasteiger partial charge is 0.324 e. The maximum Gasteiger partial charge on any atom is 0.324 e. The van der Waals surface area contributed by atoms with Crippen molar-refractivity contribution in [2.45, 2.75) is 84.7 Å². The second kappa shape index (κ2) is 10.8. The van der Waals surface area contributed by atoms with E-state index in [4.69, 9.17) is 4.74 Å². The third kappa shape index (κ3) is 6.63. The van der Waals surface area contributed by atoms with Gasteiger partial charge in [-0.15, -0.1) is 0 Å². The van der Waals surface area contributed by atoms with E-state index in [2.05, 4.69) is 22.9 Å². The third-order valence-electron chi connectivity index (χ3n) is 5.40. The first kappa shape index (κ1) is 23.7. The minimum absolute atomic E-state index is 0.224. The Balaban J connectivity index is 3.03. The van der Waals surface area contributed by atoms with Crippen LogP contribution in [-0.4, -0.2) is 22.6 Å². The van der Waals surface area contributed by atoms with Gasteiger partial charge in [-0.2, -0.15) is 0 Å². The summed E-state index contributed by atoms with van der Waals surface area (Å²) in [5.41, 5.74) is -1.12. The zero-order valence-corrected chi connectivity index (χ0v) is 18.6. The summed E-state index contributed by atoms with van der Waals surface area (Å²) in [7, 11) is 0. The molecule has 1 N–H and O–H groups in total. The molecule has 1 unspecified atom stereocenters. The first-order valence-corrected chi connectivity index (χ1v) is 10.7. The number of carboxylic acids is 1. The quantitative estimate of drug-likeness (QED) is 0.240. The molecule has 0 bridgehead atoms. The van der Waals surface area contributed by atoms with Crippen LogP contribution in [0.25, 0.3) is 0 Å². The van der Waals surface area contributed by atoms with E-state index in [0.717, 1.165) is 42.1 Å². The molecule has 0 amide bonds. The van der Waals surface area contributed by atoms with Crippen LogP contribution >= 0.6 is 15.9 Å². The largest absolute Gasteiger partial charge is 0.480 e. The number of carboxylic acid groups (broad SMARTS) is 1. The summed E-state index contributed by atoms with van der Waals surface area (Å²) in [6, 6.07) is 7.95. The fraction of sp³-hybridized carbons (Fsp3) is 0.636. The lowest BCUT2D eigenvalue weighted by atomic mass is 9.81. The van der Waals surface area contributed by atoms with E-state index in [-0.39, 0.29) is 12.8 Å². The van der Waals surface area contributed by atoms with Gasteiger partial charge in [-0.1, -0.05) is 68.1 Å². The Morgan fingerprint density at radius 1 is 1.04 bits per heavy atom. The van der Waals surface area contributed by atoms with Crippen molar-refractivity contribution in [3.8, 4) is 0 Å². The first-order valence-electron chi connectivity index (χ1n) is 9.94. The summed E-state index contributed by atoms with van der Waals surface area (Å²) in [5.74, 6) is -1.72. The monoisotopic (exact) mass is 440 g/mol. The molecule has 0 aliphatic rings. The molecule has 1 rings (SSSR count). The predicted octanol–water partition coefficient (Wildman–Crippen LogP) is 6.15. The molecule has 0 radical (unpaired) electrons. The van der Waals surface area contributed by atoms with Crippen molar-refractivity contribution in [2.75, 3.05) is 0 Å². The standard InChI is InChI=1S/C22H33BrO4/c1-5-8-9-10-15-21(4,16-17-11-13-18(23)14-12-17)27-20(26)22(6-2,7-3)19(24)25/h11-14H,5-10,15-16H2,1-4H3,(H,24,25). The third-order valence-corrected chi connectivity index (χ3v) is 5.93. The number of benzene rings is 1. The second-order valence-corrected chi connectivity index (χ2v) is 8.46. The molecular formula is C22H33BrO4. The van der Waals surface area contributed by atoms with Crippen molar-refractivity contribution >= 4 is 27.9 Å². The molecular weight excluding hydrogens is 408 g/mol. The highest BCUT2D eigenvalue weighted by molar-refractivity contribution is 9.10. The van der Waals surface area contributed by atoms with Gasteiger partial charge in [0.25, 0.3) is 0 Å². The molecule has 0 fully saturated rings.